The van der Waals surface area contributed by atoms with Gasteiger partial charge in [0, 0.05) is 31.3 Å². The van der Waals surface area contributed by atoms with Gasteiger partial charge in [-0.2, -0.15) is 5.10 Å². The molecule has 1 aromatic heterocycles. The minimum absolute atomic E-state index is 0.168. The van der Waals surface area contributed by atoms with Gasteiger partial charge in [-0.15, -0.1) is 0 Å². The Balaban J connectivity index is 1.63. The summed E-state index contributed by atoms with van der Waals surface area (Å²) in [7, 11) is 2.09. The van der Waals surface area contributed by atoms with E-state index in [9.17, 15) is 4.79 Å². The van der Waals surface area contributed by atoms with E-state index in [1.165, 1.54) is 5.69 Å². The molecule has 1 saturated heterocycles. The molecule has 3 heterocycles. The number of hydrogen-bond donors (Lipinski definition) is 1. The van der Waals surface area contributed by atoms with Crippen LogP contribution in [0.2, 0.25) is 0 Å². The lowest BCUT2D eigenvalue weighted by atomic mass is 9.91. The summed E-state index contributed by atoms with van der Waals surface area (Å²) in [6.45, 7) is 9.07. The fourth-order valence-electron chi connectivity index (χ4n) is 4.27. The Hall–Kier alpha value is -2.70. The molecule has 1 aromatic carbocycles. The summed E-state index contributed by atoms with van der Waals surface area (Å²) in [5.74, 6) is 0. The second-order valence-corrected chi connectivity index (χ2v) is 8.71. The normalized spacial score (nSPS) is 19.1. The molecule has 0 bridgehead atoms. The first-order valence-electron chi connectivity index (χ1n) is 9.88. The number of likely N-dealkylation sites (tertiary alicyclic amines) is 1. The van der Waals surface area contributed by atoms with E-state index in [-0.39, 0.29) is 18.2 Å². The van der Waals surface area contributed by atoms with Crippen molar-refractivity contribution in [1.29, 1.82) is 0 Å². The minimum atomic E-state index is -0.479. The zero-order valence-corrected chi connectivity index (χ0v) is 17.3. The average Bonchev–Trinajstić information content (AvgIpc) is 2.97. The summed E-state index contributed by atoms with van der Waals surface area (Å²) < 4.78 is 7.58. The van der Waals surface area contributed by atoms with Crippen molar-refractivity contribution in [1.82, 2.24) is 14.7 Å². The Kier molecular flexibility index (Phi) is 4.28. The van der Waals surface area contributed by atoms with E-state index < -0.39 is 5.60 Å². The minimum Gasteiger partial charge on any atom is -0.444 e. The van der Waals surface area contributed by atoms with Crippen molar-refractivity contribution < 1.29 is 9.53 Å². The SMILES string of the molecule is CCC1c2c(cnn2C2CN(C(=O)OC(C)(C)C)C2)-c2cccc(N)c2N1C. The van der Waals surface area contributed by atoms with Gasteiger partial charge in [0.1, 0.15) is 5.60 Å². The summed E-state index contributed by atoms with van der Waals surface area (Å²) >= 11 is 0. The molecule has 0 spiro atoms. The van der Waals surface area contributed by atoms with Crippen LogP contribution in [0, 0.1) is 0 Å². The van der Waals surface area contributed by atoms with Gasteiger partial charge < -0.3 is 20.3 Å². The van der Waals surface area contributed by atoms with E-state index in [0.717, 1.165) is 28.9 Å². The topological polar surface area (TPSA) is 76.6 Å². The van der Waals surface area contributed by atoms with Gasteiger partial charge >= 0.3 is 6.09 Å². The van der Waals surface area contributed by atoms with Crippen LogP contribution in [0.15, 0.2) is 24.4 Å². The lowest BCUT2D eigenvalue weighted by molar-refractivity contribution is -0.000891. The maximum Gasteiger partial charge on any atom is 0.410 e. The van der Waals surface area contributed by atoms with Gasteiger partial charge in [-0.05, 0) is 33.3 Å². The Bertz CT molecular complexity index is 908. The number of nitrogen functional groups attached to an aromatic ring is 1. The Morgan fingerprint density at radius 3 is 2.64 bits per heavy atom. The maximum atomic E-state index is 12.3. The number of rotatable bonds is 2. The summed E-state index contributed by atoms with van der Waals surface area (Å²) in [4.78, 5) is 16.3. The monoisotopic (exact) mass is 383 g/mol. The van der Waals surface area contributed by atoms with Gasteiger partial charge in [-0.1, -0.05) is 19.1 Å². The zero-order valence-electron chi connectivity index (χ0n) is 17.3. The lowest BCUT2D eigenvalue weighted by Crippen LogP contribution is -2.53. The number of carbonyl (C=O) groups excluding carboxylic acids is 1. The molecule has 2 N–H and O–H groups in total. The first-order chi connectivity index (χ1) is 13.2. The third-order valence-corrected chi connectivity index (χ3v) is 5.57. The molecule has 7 heteroatoms. The predicted molar refractivity (Wildman–Crippen MR) is 110 cm³/mol. The van der Waals surface area contributed by atoms with Crippen LogP contribution in [0.5, 0.6) is 0 Å². The molecular formula is C21H29N5O2. The second-order valence-electron chi connectivity index (χ2n) is 8.71. The molecular weight excluding hydrogens is 354 g/mol. The number of fused-ring (bicyclic) bond motifs is 3. The number of carbonyl (C=O) groups is 1. The van der Waals surface area contributed by atoms with E-state index in [1.54, 1.807) is 4.90 Å². The number of hydrogen-bond acceptors (Lipinski definition) is 5. The third kappa shape index (κ3) is 2.89. The standard InChI is InChI=1S/C21H29N5O2/c1-6-17-19-15(14-8-7-9-16(22)18(14)24(17)5)10-23-26(19)13-11-25(12-13)20(27)28-21(2,3)4/h7-10,13,17H,6,11-12,22H2,1-5H3. The van der Waals surface area contributed by atoms with Crippen LogP contribution in [0.1, 0.15) is 51.9 Å². The van der Waals surface area contributed by atoms with Gasteiger partial charge in [-0.25, -0.2) is 4.79 Å². The highest BCUT2D eigenvalue weighted by atomic mass is 16.6. The number of anilines is 2. The average molecular weight is 383 g/mol. The van der Waals surface area contributed by atoms with Gasteiger partial charge in [0.05, 0.1) is 35.3 Å². The number of benzene rings is 1. The smallest absolute Gasteiger partial charge is 0.410 e. The quantitative estimate of drug-likeness (QED) is 0.798. The van der Waals surface area contributed by atoms with Gasteiger partial charge in [0.15, 0.2) is 0 Å². The summed E-state index contributed by atoms with van der Waals surface area (Å²) in [5, 5.41) is 4.72. The zero-order chi connectivity index (χ0) is 20.2. The maximum absolute atomic E-state index is 12.3. The molecule has 1 atom stereocenters. The van der Waals surface area contributed by atoms with E-state index in [0.29, 0.717) is 13.1 Å². The second kappa shape index (κ2) is 6.43. The predicted octanol–water partition coefficient (Wildman–Crippen LogP) is 3.83. The highest BCUT2D eigenvalue weighted by Gasteiger charge is 2.40. The van der Waals surface area contributed by atoms with Crippen LogP contribution in [0.3, 0.4) is 0 Å². The van der Waals surface area contributed by atoms with Crippen LogP contribution in [0.4, 0.5) is 16.2 Å². The summed E-state index contributed by atoms with van der Waals surface area (Å²) in [5.41, 5.74) is 11.1. The molecule has 2 aromatic rings. The van der Waals surface area contributed by atoms with E-state index in [4.69, 9.17) is 15.6 Å². The fourth-order valence-corrected chi connectivity index (χ4v) is 4.27. The highest BCUT2D eigenvalue weighted by Crippen LogP contribution is 2.48. The number of ether oxygens (including phenoxy) is 1. The number of amides is 1. The third-order valence-electron chi connectivity index (χ3n) is 5.57. The van der Waals surface area contributed by atoms with Gasteiger partial charge in [0.25, 0.3) is 0 Å². The highest BCUT2D eigenvalue weighted by molar-refractivity contribution is 5.90. The van der Waals surface area contributed by atoms with E-state index >= 15 is 0 Å². The van der Waals surface area contributed by atoms with Crippen molar-refractivity contribution >= 4 is 17.5 Å². The van der Waals surface area contributed by atoms with Crippen LogP contribution < -0.4 is 10.6 Å². The molecule has 1 unspecified atom stereocenters. The van der Waals surface area contributed by atoms with Gasteiger partial charge in [0.2, 0.25) is 0 Å². The summed E-state index contributed by atoms with van der Waals surface area (Å²) in [6, 6.07) is 6.41. The van der Waals surface area contributed by atoms with Crippen molar-refractivity contribution in [2.75, 3.05) is 30.8 Å². The van der Waals surface area contributed by atoms with E-state index in [1.807, 2.05) is 39.1 Å². The summed E-state index contributed by atoms with van der Waals surface area (Å²) in [6.07, 6.45) is 2.64. The van der Waals surface area contributed by atoms with Crippen LogP contribution >= 0.6 is 0 Å². The molecule has 1 fully saturated rings. The molecule has 0 saturated carbocycles. The Labute approximate surface area is 166 Å². The first-order valence-corrected chi connectivity index (χ1v) is 9.88. The Morgan fingerprint density at radius 2 is 2.00 bits per heavy atom. The number of nitrogens with two attached hydrogens (primary N) is 1. The molecule has 7 nitrogen and oxygen atoms in total. The van der Waals surface area contributed by atoms with Crippen molar-refractivity contribution in [3.05, 3.63) is 30.1 Å². The van der Waals surface area contributed by atoms with Crippen LogP contribution in [0.25, 0.3) is 11.1 Å². The van der Waals surface area contributed by atoms with Crippen molar-refractivity contribution in [2.45, 2.75) is 51.8 Å². The van der Waals surface area contributed by atoms with Crippen molar-refractivity contribution in [3.8, 4) is 11.1 Å². The fraction of sp³-hybridized carbons (Fsp3) is 0.524. The van der Waals surface area contributed by atoms with Gasteiger partial charge in [-0.3, -0.25) is 4.68 Å². The molecule has 1 amide bonds. The molecule has 2 aliphatic heterocycles. The molecule has 4 rings (SSSR count). The molecule has 150 valence electrons. The molecule has 28 heavy (non-hydrogen) atoms. The van der Waals surface area contributed by atoms with E-state index in [2.05, 4.69) is 29.6 Å². The van der Waals surface area contributed by atoms with Crippen molar-refractivity contribution in [3.63, 3.8) is 0 Å². The first kappa shape index (κ1) is 18.7. The largest absolute Gasteiger partial charge is 0.444 e. The number of aromatic nitrogens is 2. The molecule has 0 aliphatic carbocycles. The van der Waals surface area contributed by atoms with Crippen LogP contribution in [-0.2, 0) is 4.74 Å². The lowest BCUT2D eigenvalue weighted by Gasteiger charge is -2.42. The van der Waals surface area contributed by atoms with Crippen molar-refractivity contribution in [2.24, 2.45) is 0 Å². The van der Waals surface area contributed by atoms with Crippen LogP contribution in [-0.4, -0.2) is 46.5 Å². The molecule has 2 aliphatic rings. The molecule has 0 radical (unpaired) electrons. The Morgan fingerprint density at radius 1 is 1.29 bits per heavy atom. The number of para-hydroxylation sites is 1. The number of nitrogens with zero attached hydrogens (tertiary/aromatic N) is 4.